The van der Waals surface area contributed by atoms with Gasteiger partial charge in [-0.15, -0.1) is 0 Å². The molecule has 1 aliphatic carbocycles. The van der Waals surface area contributed by atoms with Crippen LogP contribution in [0, 0.1) is 5.92 Å². The zero-order chi connectivity index (χ0) is 10.3. The summed E-state index contributed by atoms with van der Waals surface area (Å²) in [6.07, 6.45) is 6.38. The number of hydrogen-bond donors (Lipinski definition) is 1. The molecule has 1 atom stereocenters. The van der Waals surface area contributed by atoms with E-state index in [2.05, 4.69) is 20.8 Å². The molecule has 0 aromatic heterocycles. The average molecular weight is 182 g/mol. The lowest BCUT2D eigenvalue weighted by atomic mass is 10.1. The Labute approximate surface area is 82.2 Å². The molecule has 0 spiro atoms. The number of aliphatic hydroxyl groups excluding tert-OH is 1. The summed E-state index contributed by atoms with van der Waals surface area (Å²) in [5, 5.41) is 7.89. The third kappa shape index (κ3) is 4.76. The number of aliphatic hydroxyl groups is 1. The smallest absolute Gasteiger partial charge is 0.0751 e. The van der Waals surface area contributed by atoms with E-state index in [0.29, 0.717) is 0 Å². The van der Waals surface area contributed by atoms with Crippen LogP contribution in [0.2, 0.25) is 0 Å². The van der Waals surface area contributed by atoms with Gasteiger partial charge in [0.25, 0.3) is 0 Å². The molecule has 0 fully saturated rings. The molecule has 0 amide bonds. The molecule has 1 N–H and O–H groups in total. The molecule has 0 radical (unpaired) electrons. The first-order valence-corrected chi connectivity index (χ1v) is 5.08. The fourth-order valence-electron chi connectivity index (χ4n) is 1.37. The van der Waals surface area contributed by atoms with Gasteiger partial charge in [0.05, 0.1) is 6.26 Å². The van der Waals surface area contributed by atoms with E-state index in [1.54, 1.807) is 17.2 Å². The Morgan fingerprint density at radius 2 is 2.08 bits per heavy atom. The van der Waals surface area contributed by atoms with Gasteiger partial charge in [0.1, 0.15) is 0 Å². The van der Waals surface area contributed by atoms with E-state index in [1.165, 1.54) is 12.8 Å². The molecule has 0 heterocycles. The molecule has 0 aromatic carbocycles. The standard InChI is InChI=1S/C8H14.C4H8O/c1-6-4-5-7(2)8(6)3;1-2-3-4-5/h6H,4-5H2,1-3H3;3-5H,2H2,1H3. The van der Waals surface area contributed by atoms with Crippen LogP contribution in [0.15, 0.2) is 23.5 Å². The van der Waals surface area contributed by atoms with Gasteiger partial charge in [0, 0.05) is 0 Å². The van der Waals surface area contributed by atoms with Gasteiger partial charge in [-0.25, -0.2) is 0 Å². The van der Waals surface area contributed by atoms with Crippen molar-refractivity contribution in [1.82, 2.24) is 0 Å². The van der Waals surface area contributed by atoms with Crippen molar-refractivity contribution >= 4 is 0 Å². The third-order valence-electron chi connectivity index (χ3n) is 2.71. The zero-order valence-corrected chi connectivity index (χ0v) is 9.30. The molecule has 1 unspecified atom stereocenters. The third-order valence-corrected chi connectivity index (χ3v) is 2.71. The highest BCUT2D eigenvalue weighted by Crippen LogP contribution is 2.30. The van der Waals surface area contributed by atoms with Crippen molar-refractivity contribution in [3.8, 4) is 0 Å². The molecular weight excluding hydrogens is 160 g/mol. The van der Waals surface area contributed by atoms with Crippen molar-refractivity contribution in [1.29, 1.82) is 0 Å². The summed E-state index contributed by atoms with van der Waals surface area (Å²) < 4.78 is 0. The maximum atomic E-state index is 7.89. The second-order valence-electron chi connectivity index (χ2n) is 3.70. The second kappa shape index (κ2) is 6.76. The summed E-state index contributed by atoms with van der Waals surface area (Å²) in [5.41, 5.74) is 3.25. The monoisotopic (exact) mass is 182 g/mol. The quantitative estimate of drug-likeness (QED) is 0.475. The summed E-state index contributed by atoms with van der Waals surface area (Å²) in [7, 11) is 0. The molecule has 13 heavy (non-hydrogen) atoms. The molecule has 76 valence electrons. The summed E-state index contributed by atoms with van der Waals surface area (Å²) in [6, 6.07) is 0. The predicted molar refractivity (Wildman–Crippen MR) is 58.8 cm³/mol. The lowest BCUT2D eigenvalue weighted by Gasteiger charge is -2.00. The molecular formula is C12H22O. The van der Waals surface area contributed by atoms with Gasteiger partial charge < -0.3 is 5.11 Å². The van der Waals surface area contributed by atoms with Crippen LogP contribution in [0.4, 0.5) is 0 Å². The number of allylic oxidation sites excluding steroid dienone is 3. The van der Waals surface area contributed by atoms with Crippen LogP contribution in [-0.4, -0.2) is 5.11 Å². The summed E-state index contributed by atoms with van der Waals surface area (Å²) >= 11 is 0. The molecule has 0 saturated carbocycles. The molecule has 0 saturated heterocycles. The van der Waals surface area contributed by atoms with Crippen LogP contribution in [0.25, 0.3) is 0 Å². The minimum Gasteiger partial charge on any atom is -0.516 e. The molecule has 1 aliphatic rings. The first-order chi connectivity index (χ1) is 6.13. The molecule has 0 aromatic rings. The van der Waals surface area contributed by atoms with Gasteiger partial charge in [0.15, 0.2) is 0 Å². The average Bonchev–Trinajstić information content (AvgIpc) is 2.39. The van der Waals surface area contributed by atoms with Crippen molar-refractivity contribution in [2.75, 3.05) is 0 Å². The van der Waals surface area contributed by atoms with Gasteiger partial charge in [-0.2, -0.15) is 0 Å². The summed E-state index contributed by atoms with van der Waals surface area (Å²) in [6.45, 7) is 8.78. The Hall–Kier alpha value is -0.720. The van der Waals surface area contributed by atoms with Crippen molar-refractivity contribution < 1.29 is 5.11 Å². The predicted octanol–water partition coefficient (Wildman–Crippen LogP) is 4.22. The first kappa shape index (κ1) is 12.3. The first-order valence-electron chi connectivity index (χ1n) is 5.08. The Morgan fingerprint density at radius 1 is 1.46 bits per heavy atom. The number of hydrogen-bond acceptors (Lipinski definition) is 1. The van der Waals surface area contributed by atoms with Crippen molar-refractivity contribution in [3.05, 3.63) is 23.5 Å². The van der Waals surface area contributed by atoms with Gasteiger partial charge in [-0.1, -0.05) is 31.1 Å². The van der Waals surface area contributed by atoms with Gasteiger partial charge in [-0.05, 0) is 39.0 Å². The maximum Gasteiger partial charge on any atom is 0.0751 e. The van der Waals surface area contributed by atoms with Crippen molar-refractivity contribution in [2.45, 2.75) is 47.0 Å². The fourth-order valence-corrected chi connectivity index (χ4v) is 1.37. The number of rotatable bonds is 1. The minimum absolute atomic E-state index is 0.870. The van der Waals surface area contributed by atoms with Crippen LogP contribution in [0.5, 0.6) is 0 Å². The summed E-state index contributed by atoms with van der Waals surface area (Å²) in [4.78, 5) is 0. The van der Waals surface area contributed by atoms with Crippen molar-refractivity contribution in [3.63, 3.8) is 0 Å². The highest BCUT2D eigenvalue weighted by Gasteiger charge is 2.13. The van der Waals surface area contributed by atoms with Crippen molar-refractivity contribution in [2.24, 2.45) is 5.92 Å². The molecule has 1 nitrogen and oxygen atoms in total. The Balaban J connectivity index is 0.000000252. The Bertz CT molecular complexity index is 189. The van der Waals surface area contributed by atoms with E-state index >= 15 is 0 Å². The SMILES string of the molecule is CC1=C(C)C(C)CC1.CCC=CO. The van der Waals surface area contributed by atoms with E-state index in [9.17, 15) is 0 Å². The zero-order valence-electron chi connectivity index (χ0n) is 9.30. The Morgan fingerprint density at radius 3 is 2.15 bits per heavy atom. The maximum absolute atomic E-state index is 7.89. The van der Waals surface area contributed by atoms with E-state index in [4.69, 9.17) is 5.11 Å². The van der Waals surface area contributed by atoms with Gasteiger partial charge in [-0.3, -0.25) is 0 Å². The van der Waals surface area contributed by atoms with E-state index in [0.717, 1.165) is 18.6 Å². The molecule has 0 aliphatic heterocycles. The van der Waals surface area contributed by atoms with E-state index in [1.807, 2.05) is 6.92 Å². The highest BCUT2D eigenvalue weighted by atomic mass is 16.2. The molecule has 1 rings (SSSR count). The van der Waals surface area contributed by atoms with Gasteiger partial charge in [0.2, 0.25) is 0 Å². The normalized spacial score (nSPS) is 22.0. The van der Waals surface area contributed by atoms with Gasteiger partial charge >= 0.3 is 0 Å². The van der Waals surface area contributed by atoms with Crippen LogP contribution >= 0.6 is 0 Å². The Kier molecular flexibility index (Phi) is 6.38. The molecule has 0 bridgehead atoms. The van der Waals surface area contributed by atoms with E-state index in [-0.39, 0.29) is 0 Å². The topological polar surface area (TPSA) is 20.2 Å². The molecule has 1 heteroatoms. The lowest BCUT2D eigenvalue weighted by Crippen LogP contribution is -1.86. The largest absolute Gasteiger partial charge is 0.516 e. The van der Waals surface area contributed by atoms with Crippen LogP contribution in [0.1, 0.15) is 47.0 Å². The second-order valence-corrected chi connectivity index (χ2v) is 3.70. The van der Waals surface area contributed by atoms with Crippen LogP contribution in [-0.2, 0) is 0 Å². The fraction of sp³-hybridized carbons (Fsp3) is 0.667. The van der Waals surface area contributed by atoms with Crippen LogP contribution in [0.3, 0.4) is 0 Å². The van der Waals surface area contributed by atoms with E-state index < -0.39 is 0 Å². The van der Waals surface area contributed by atoms with Crippen LogP contribution < -0.4 is 0 Å². The lowest BCUT2D eigenvalue weighted by molar-refractivity contribution is 0.471. The summed E-state index contributed by atoms with van der Waals surface area (Å²) in [5.74, 6) is 0.870. The highest BCUT2D eigenvalue weighted by molar-refractivity contribution is 5.17. The minimum atomic E-state index is 0.870.